The van der Waals surface area contributed by atoms with Gasteiger partial charge >= 0.3 is 0 Å². The Hall–Kier alpha value is -2.35. The van der Waals surface area contributed by atoms with Gasteiger partial charge in [0.2, 0.25) is 0 Å². The molecule has 0 unspecified atom stereocenters. The summed E-state index contributed by atoms with van der Waals surface area (Å²) in [5, 5.41) is 4.17. The maximum absolute atomic E-state index is 12.6. The summed E-state index contributed by atoms with van der Waals surface area (Å²) in [7, 11) is 2.19. The Labute approximate surface area is 142 Å². The van der Waals surface area contributed by atoms with E-state index in [-0.39, 0.29) is 10.3 Å². The van der Waals surface area contributed by atoms with E-state index < -0.39 is 10.0 Å². The molecule has 0 aromatic carbocycles. The Kier molecular flexibility index (Phi) is 3.87. The number of nitrogens with one attached hydrogen (secondary N) is 1. The van der Waals surface area contributed by atoms with Crippen molar-refractivity contribution in [2.45, 2.75) is 31.1 Å². The monoisotopic (exact) mass is 340 g/mol. The topological polar surface area (TPSA) is 76.4 Å². The lowest BCUT2D eigenvalue weighted by atomic mass is 9.86. The molecule has 24 heavy (non-hydrogen) atoms. The zero-order valence-electron chi connectivity index (χ0n) is 13.7. The molecule has 3 heterocycles. The fourth-order valence-corrected chi connectivity index (χ4v) is 3.31. The molecule has 0 aliphatic carbocycles. The van der Waals surface area contributed by atoms with E-state index >= 15 is 0 Å². The summed E-state index contributed by atoms with van der Waals surface area (Å²) >= 11 is 0. The van der Waals surface area contributed by atoms with Gasteiger partial charge in [-0.2, -0.15) is 5.10 Å². The van der Waals surface area contributed by atoms with Crippen LogP contribution in [-0.4, -0.2) is 30.9 Å². The molecular weight excluding hydrogens is 323 g/mol. The molecule has 1 N–H and O–H groups in total. The number of anilines is 1. The van der Waals surface area contributed by atoms with Crippen molar-refractivity contribution in [3.8, 4) is 0 Å². The highest BCUT2D eigenvalue weighted by Crippen LogP contribution is 2.27. The van der Waals surface area contributed by atoms with Gasteiger partial charge in [-0.05, 0) is 35.2 Å². The second kappa shape index (κ2) is 5.63. The lowest BCUT2D eigenvalue weighted by molar-refractivity contribution is 0.589. The average molecular weight is 340 g/mol. The van der Waals surface area contributed by atoms with E-state index in [2.05, 4.69) is 14.8 Å². The first-order valence-corrected chi connectivity index (χ1v) is 8.87. The molecule has 122 valence electrons. The second-order valence-corrected chi connectivity index (χ2v) is 8.25. The van der Waals surface area contributed by atoms with Crippen molar-refractivity contribution in [3.05, 3.63) is 48.4 Å². The van der Waals surface area contributed by atoms with E-state index in [1.54, 1.807) is 12.1 Å². The molecule has 3 aromatic heterocycles. The predicted octanol–water partition coefficient (Wildman–Crippen LogP) is 1.62. The number of pyridine rings is 2. The Morgan fingerprint density at radius 1 is 1.21 bits per heavy atom. The molecular formula is C16H17BN4O2S. The van der Waals surface area contributed by atoms with Crippen molar-refractivity contribution in [3.63, 3.8) is 0 Å². The number of fused-ring (bicyclic) bond motifs is 1. The molecule has 0 amide bonds. The maximum Gasteiger partial charge on any atom is 0.264 e. The molecule has 0 aliphatic rings. The van der Waals surface area contributed by atoms with E-state index in [9.17, 15) is 8.42 Å². The number of hydrogen-bond donors (Lipinski definition) is 1. The Morgan fingerprint density at radius 2 is 1.96 bits per heavy atom. The summed E-state index contributed by atoms with van der Waals surface area (Å²) in [5.41, 5.74) is 1.92. The number of nitrogens with zero attached hydrogens (tertiary/aromatic N) is 3. The third-order valence-corrected chi connectivity index (χ3v) is 5.04. The van der Waals surface area contributed by atoms with E-state index in [0.29, 0.717) is 16.8 Å². The van der Waals surface area contributed by atoms with Crippen LogP contribution in [0.4, 0.5) is 5.82 Å². The summed E-state index contributed by atoms with van der Waals surface area (Å²) in [4.78, 5) is 3.94. The molecule has 3 rings (SSSR count). The van der Waals surface area contributed by atoms with Gasteiger partial charge < -0.3 is 0 Å². The minimum Gasteiger partial charge on any atom is -0.263 e. The number of aromatic nitrogens is 3. The van der Waals surface area contributed by atoms with Crippen molar-refractivity contribution in [2.24, 2.45) is 0 Å². The van der Waals surface area contributed by atoms with Gasteiger partial charge in [0.15, 0.2) is 0 Å². The molecule has 0 atom stereocenters. The van der Waals surface area contributed by atoms with Crippen molar-refractivity contribution in [2.75, 3.05) is 4.72 Å². The smallest absolute Gasteiger partial charge is 0.263 e. The fraction of sp³-hybridized carbons (Fsp3) is 0.250. The number of rotatable bonds is 3. The van der Waals surface area contributed by atoms with Crippen LogP contribution < -0.4 is 10.2 Å². The van der Waals surface area contributed by atoms with Crippen LogP contribution in [0, 0.1) is 0 Å². The first-order valence-electron chi connectivity index (χ1n) is 7.39. The zero-order valence-corrected chi connectivity index (χ0v) is 14.5. The van der Waals surface area contributed by atoms with Crippen LogP contribution in [0.5, 0.6) is 0 Å². The van der Waals surface area contributed by atoms with Gasteiger partial charge in [0.25, 0.3) is 10.0 Å². The second-order valence-electron chi connectivity index (χ2n) is 6.57. The van der Waals surface area contributed by atoms with Crippen LogP contribution in [-0.2, 0) is 15.4 Å². The Balaban J connectivity index is 2.16. The molecule has 0 bridgehead atoms. The summed E-state index contributed by atoms with van der Waals surface area (Å²) < 4.78 is 29.2. The minimum absolute atomic E-state index is 0.0828. The standard InChI is InChI=1S/C16H17BN4O2S/c1-16(2,3)11-7-14-13(17)10-19-21(14)15(8-11)20-24(22,23)12-5-4-6-18-9-12/h4-10,20H,1-3H3. The molecule has 0 aliphatic heterocycles. The van der Waals surface area contributed by atoms with Gasteiger partial charge in [-0.25, -0.2) is 12.9 Å². The highest BCUT2D eigenvalue weighted by atomic mass is 32.2. The Bertz CT molecular complexity index is 992. The molecule has 8 heteroatoms. The first-order chi connectivity index (χ1) is 11.2. The maximum atomic E-state index is 12.6. The molecule has 2 radical (unpaired) electrons. The third-order valence-electron chi connectivity index (χ3n) is 3.70. The highest BCUT2D eigenvalue weighted by Gasteiger charge is 2.21. The summed E-state index contributed by atoms with van der Waals surface area (Å²) in [6.45, 7) is 6.14. The molecule has 0 saturated heterocycles. The summed E-state index contributed by atoms with van der Waals surface area (Å²) in [6.07, 6.45) is 4.32. The zero-order chi connectivity index (χ0) is 17.5. The molecule has 0 fully saturated rings. The molecule has 0 spiro atoms. The van der Waals surface area contributed by atoms with Gasteiger partial charge in [-0.3, -0.25) is 9.71 Å². The van der Waals surface area contributed by atoms with Crippen molar-refractivity contribution < 1.29 is 8.42 Å². The molecule has 0 saturated carbocycles. The number of hydrogen-bond acceptors (Lipinski definition) is 4. The van der Waals surface area contributed by atoms with E-state index in [1.807, 2.05) is 26.8 Å². The quantitative estimate of drug-likeness (QED) is 0.735. The van der Waals surface area contributed by atoms with E-state index in [1.165, 1.54) is 29.2 Å². The first kappa shape index (κ1) is 16.5. The number of sulfonamides is 1. The molecule has 6 nitrogen and oxygen atoms in total. The van der Waals surface area contributed by atoms with Crippen LogP contribution in [0.25, 0.3) is 5.52 Å². The van der Waals surface area contributed by atoms with Crippen LogP contribution in [0.15, 0.2) is 47.8 Å². The van der Waals surface area contributed by atoms with Crippen LogP contribution in [0.3, 0.4) is 0 Å². The summed E-state index contributed by atoms with van der Waals surface area (Å²) in [5.74, 6) is 0.331. The van der Waals surface area contributed by atoms with Gasteiger partial charge in [0.05, 0.1) is 5.52 Å². The third kappa shape index (κ3) is 3.01. The lowest BCUT2D eigenvalue weighted by Gasteiger charge is -2.21. The van der Waals surface area contributed by atoms with Crippen LogP contribution in [0.1, 0.15) is 26.3 Å². The molecule has 3 aromatic rings. The fourth-order valence-electron chi connectivity index (χ4n) is 2.31. The Morgan fingerprint density at radius 3 is 2.58 bits per heavy atom. The average Bonchev–Trinajstić information content (AvgIpc) is 2.89. The van der Waals surface area contributed by atoms with Crippen LogP contribution in [0.2, 0.25) is 0 Å². The normalized spacial score (nSPS) is 12.5. The van der Waals surface area contributed by atoms with Crippen molar-refractivity contribution in [1.82, 2.24) is 14.6 Å². The van der Waals surface area contributed by atoms with Crippen molar-refractivity contribution in [1.29, 1.82) is 0 Å². The van der Waals surface area contributed by atoms with Crippen LogP contribution >= 0.6 is 0 Å². The largest absolute Gasteiger partial charge is 0.264 e. The van der Waals surface area contributed by atoms with Crippen molar-refractivity contribution >= 4 is 34.7 Å². The minimum atomic E-state index is -3.77. The van der Waals surface area contributed by atoms with Gasteiger partial charge in [0, 0.05) is 18.6 Å². The summed E-state index contributed by atoms with van der Waals surface area (Å²) in [6, 6.07) is 6.75. The van der Waals surface area contributed by atoms with Gasteiger partial charge in [-0.1, -0.05) is 26.2 Å². The van der Waals surface area contributed by atoms with Gasteiger partial charge in [0.1, 0.15) is 18.6 Å². The lowest BCUT2D eigenvalue weighted by Crippen LogP contribution is -2.19. The van der Waals surface area contributed by atoms with E-state index in [4.69, 9.17) is 7.85 Å². The van der Waals surface area contributed by atoms with E-state index in [0.717, 1.165) is 5.56 Å². The SMILES string of the molecule is [B]c1cnn2c(NS(=O)(=O)c3cccnc3)cc(C(C)(C)C)cc12. The van der Waals surface area contributed by atoms with Gasteiger partial charge in [-0.15, -0.1) is 0 Å². The highest BCUT2D eigenvalue weighted by molar-refractivity contribution is 7.92. The predicted molar refractivity (Wildman–Crippen MR) is 94.3 cm³/mol.